The first-order valence-corrected chi connectivity index (χ1v) is 10.8. The molecule has 9 nitrogen and oxygen atoms in total. The number of amides is 1. The number of benzene rings is 2. The smallest absolute Gasteiger partial charge is 0.296 e. The molecule has 5 rings (SSSR count). The lowest BCUT2D eigenvalue weighted by atomic mass is 10.1. The third-order valence-electron chi connectivity index (χ3n) is 5.53. The molecule has 4 aromatic rings. The van der Waals surface area contributed by atoms with E-state index in [0.29, 0.717) is 22.6 Å². The molecule has 0 saturated carbocycles. The molecule has 33 heavy (non-hydrogen) atoms. The Morgan fingerprint density at radius 1 is 1.00 bits per heavy atom. The molecule has 0 spiro atoms. The second-order valence-corrected chi connectivity index (χ2v) is 8.39. The average molecular weight is 462 g/mol. The molecule has 1 amide bonds. The van der Waals surface area contributed by atoms with E-state index < -0.39 is 11.1 Å². The molecule has 0 atom stereocenters. The molecule has 3 heterocycles. The molecule has 0 saturated heterocycles. The molecular formula is C23H18N4O5S. The van der Waals surface area contributed by atoms with Crippen molar-refractivity contribution in [3.05, 3.63) is 84.5 Å². The van der Waals surface area contributed by atoms with Gasteiger partial charge in [-0.05, 0) is 23.8 Å². The van der Waals surface area contributed by atoms with Gasteiger partial charge in [-0.25, -0.2) is 0 Å². The van der Waals surface area contributed by atoms with E-state index in [4.69, 9.17) is 9.47 Å². The fourth-order valence-corrected chi connectivity index (χ4v) is 4.87. The highest BCUT2D eigenvalue weighted by Gasteiger charge is 2.31. The van der Waals surface area contributed by atoms with Crippen LogP contribution < -0.4 is 30.0 Å². The number of methoxy groups -OCH3 is 2. The number of carbonyl (C=O) groups is 1. The highest BCUT2D eigenvalue weighted by atomic mass is 32.1. The van der Waals surface area contributed by atoms with Crippen LogP contribution in [0.3, 0.4) is 0 Å². The quantitative estimate of drug-likeness (QED) is 0.446. The zero-order chi connectivity index (χ0) is 23.3. The topological polar surface area (TPSA) is 103 Å². The summed E-state index contributed by atoms with van der Waals surface area (Å²) in [5, 5.41) is 4.29. The van der Waals surface area contributed by atoms with Crippen LogP contribution in [-0.4, -0.2) is 41.8 Å². The number of para-hydroxylation sites is 1. The fourth-order valence-electron chi connectivity index (χ4n) is 3.88. The Bertz CT molecular complexity index is 1610. The average Bonchev–Trinajstić information content (AvgIpc) is 3.26. The third kappa shape index (κ3) is 3.26. The van der Waals surface area contributed by atoms with Crippen molar-refractivity contribution in [1.29, 1.82) is 0 Å². The van der Waals surface area contributed by atoms with Crippen molar-refractivity contribution in [2.45, 2.75) is 6.42 Å². The molecule has 0 aliphatic carbocycles. The number of hydrogen-bond donors (Lipinski definition) is 0. The predicted molar refractivity (Wildman–Crippen MR) is 123 cm³/mol. The molecule has 166 valence electrons. The molecule has 0 unspecified atom stereocenters. The normalized spacial score (nSPS) is 14.6. The van der Waals surface area contributed by atoms with Gasteiger partial charge in [-0.3, -0.25) is 14.4 Å². The van der Waals surface area contributed by atoms with Gasteiger partial charge >= 0.3 is 0 Å². The number of fused-ring (bicyclic) bond motifs is 2. The first-order valence-electron chi connectivity index (χ1n) is 9.98. The summed E-state index contributed by atoms with van der Waals surface area (Å²) >= 11 is 0.986. The van der Waals surface area contributed by atoms with Crippen LogP contribution in [0.4, 0.5) is 5.69 Å². The summed E-state index contributed by atoms with van der Waals surface area (Å²) in [6, 6.07) is 12.5. The number of carbonyl (C=O) groups excluding carboxylic acids is 1. The van der Waals surface area contributed by atoms with Gasteiger partial charge in [0.2, 0.25) is 4.96 Å². The van der Waals surface area contributed by atoms with Gasteiger partial charge in [0.05, 0.1) is 25.5 Å². The van der Waals surface area contributed by atoms with Crippen LogP contribution in [0, 0.1) is 0 Å². The maximum Gasteiger partial charge on any atom is 0.296 e. The summed E-state index contributed by atoms with van der Waals surface area (Å²) in [6.45, 7) is 0. The van der Waals surface area contributed by atoms with Crippen LogP contribution in [0.5, 0.6) is 11.5 Å². The Kier molecular flexibility index (Phi) is 4.94. The summed E-state index contributed by atoms with van der Waals surface area (Å²) in [4.78, 5) is 44.5. The molecule has 0 bridgehead atoms. The van der Waals surface area contributed by atoms with Gasteiger partial charge in [-0.2, -0.15) is 14.6 Å². The van der Waals surface area contributed by atoms with Crippen LogP contribution in [-0.2, 0) is 11.2 Å². The van der Waals surface area contributed by atoms with Gasteiger partial charge in [0.1, 0.15) is 10.2 Å². The number of thiazole rings is 1. The van der Waals surface area contributed by atoms with Crippen molar-refractivity contribution in [1.82, 2.24) is 14.6 Å². The van der Waals surface area contributed by atoms with E-state index in [9.17, 15) is 14.4 Å². The molecule has 1 aliphatic heterocycles. The van der Waals surface area contributed by atoms with E-state index in [1.165, 1.54) is 19.1 Å². The van der Waals surface area contributed by atoms with Crippen molar-refractivity contribution in [2.75, 3.05) is 26.2 Å². The van der Waals surface area contributed by atoms with Crippen LogP contribution >= 0.6 is 11.3 Å². The molecule has 0 radical (unpaired) electrons. The van der Waals surface area contributed by atoms with Crippen molar-refractivity contribution < 1.29 is 14.3 Å². The maximum atomic E-state index is 13.2. The minimum atomic E-state index is -0.530. The number of aromatic nitrogens is 3. The Morgan fingerprint density at radius 3 is 2.52 bits per heavy atom. The fraction of sp³-hybridized carbons (Fsp3) is 0.174. The molecular weight excluding hydrogens is 444 g/mol. The molecule has 2 aromatic heterocycles. The lowest BCUT2D eigenvalue weighted by Gasteiger charge is -2.09. The second-order valence-electron chi connectivity index (χ2n) is 7.42. The monoisotopic (exact) mass is 462 g/mol. The summed E-state index contributed by atoms with van der Waals surface area (Å²) in [7, 11) is 4.72. The number of likely N-dealkylation sites (N-methyl/N-ethyl adjacent to an activating group) is 1. The second kappa shape index (κ2) is 7.82. The Labute approximate surface area is 191 Å². The number of ether oxygens (including phenoxy) is 2. The maximum absolute atomic E-state index is 13.2. The lowest BCUT2D eigenvalue weighted by molar-refractivity contribution is -0.112. The van der Waals surface area contributed by atoms with E-state index in [0.717, 1.165) is 27.1 Å². The van der Waals surface area contributed by atoms with Gasteiger partial charge in [0.15, 0.2) is 11.5 Å². The largest absolute Gasteiger partial charge is 0.493 e. The van der Waals surface area contributed by atoms with Gasteiger partial charge in [0.25, 0.3) is 17.0 Å². The predicted octanol–water partition coefficient (Wildman–Crippen LogP) is 1.01. The minimum Gasteiger partial charge on any atom is -0.493 e. The van der Waals surface area contributed by atoms with Gasteiger partial charge in [-0.1, -0.05) is 35.6 Å². The number of hydrogen-bond acceptors (Lipinski definition) is 8. The summed E-state index contributed by atoms with van der Waals surface area (Å²) in [6.07, 6.45) is 0.154. The summed E-state index contributed by atoms with van der Waals surface area (Å²) in [5.74, 6) is 0.797. The number of anilines is 1. The van der Waals surface area contributed by atoms with Crippen molar-refractivity contribution in [3.8, 4) is 11.5 Å². The van der Waals surface area contributed by atoms with Crippen LogP contribution in [0.25, 0.3) is 10.5 Å². The van der Waals surface area contributed by atoms with Crippen molar-refractivity contribution in [2.24, 2.45) is 0 Å². The van der Waals surface area contributed by atoms with E-state index in [2.05, 4.69) is 10.1 Å². The molecule has 0 fully saturated rings. The lowest BCUT2D eigenvalue weighted by Crippen LogP contribution is -2.32. The zero-order valence-electron chi connectivity index (χ0n) is 18.0. The van der Waals surface area contributed by atoms with Crippen LogP contribution in [0.2, 0.25) is 0 Å². The highest BCUT2D eigenvalue weighted by molar-refractivity contribution is 7.15. The molecule has 1 aliphatic rings. The first kappa shape index (κ1) is 20.8. The van der Waals surface area contributed by atoms with Crippen LogP contribution in [0.1, 0.15) is 16.8 Å². The van der Waals surface area contributed by atoms with Crippen molar-refractivity contribution >= 4 is 33.5 Å². The van der Waals surface area contributed by atoms with Gasteiger partial charge in [-0.15, -0.1) is 0 Å². The van der Waals surface area contributed by atoms with Crippen molar-refractivity contribution in [3.63, 3.8) is 0 Å². The molecule has 2 aromatic carbocycles. The first-order chi connectivity index (χ1) is 15.9. The van der Waals surface area contributed by atoms with E-state index >= 15 is 0 Å². The van der Waals surface area contributed by atoms with Gasteiger partial charge < -0.3 is 14.4 Å². The Balaban J connectivity index is 1.66. The number of rotatable bonds is 4. The van der Waals surface area contributed by atoms with Gasteiger partial charge in [0, 0.05) is 19.0 Å². The van der Waals surface area contributed by atoms with E-state index in [-0.39, 0.29) is 27.5 Å². The molecule has 10 heteroatoms. The van der Waals surface area contributed by atoms with E-state index in [1.807, 2.05) is 18.2 Å². The van der Waals surface area contributed by atoms with Crippen LogP contribution in [0.15, 0.2) is 52.1 Å². The number of nitrogens with zero attached hydrogens (tertiary/aromatic N) is 4. The molecule has 0 N–H and O–H groups in total. The highest BCUT2D eigenvalue weighted by Crippen LogP contribution is 2.33. The van der Waals surface area contributed by atoms with E-state index in [1.54, 1.807) is 31.3 Å². The third-order valence-corrected chi connectivity index (χ3v) is 6.56. The Hall–Kier alpha value is -4.05. The summed E-state index contributed by atoms with van der Waals surface area (Å²) in [5.41, 5.74) is 1.53. The minimum absolute atomic E-state index is 0.112. The Morgan fingerprint density at radius 2 is 1.76 bits per heavy atom. The zero-order valence-corrected chi connectivity index (χ0v) is 18.8. The summed E-state index contributed by atoms with van der Waals surface area (Å²) < 4.78 is 11.9. The SMILES string of the molecule is COc1ccc(Cc2nn3c(=O)/c(=C4/C(=O)N(C)c5ccccc54)sc3nc2=O)cc1OC. The standard InChI is InChI=1S/C23H18N4O5S/c1-26-15-7-5-4-6-13(15)18(21(26)29)19-22(30)27-23(33-19)24-20(28)14(25-27)10-12-8-9-16(31-2)17(11-12)32-3/h4-9,11H,10H2,1-3H3/b19-18-.